The summed E-state index contributed by atoms with van der Waals surface area (Å²) in [6.45, 7) is 0. The van der Waals surface area contributed by atoms with Crippen LogP contribution < -0.4 is 0 Å². The largest absolute Gasteiger partial charge is 0.479 e. The topological polar surface area (TPSA) is 57.5 Å². The number of halogens is 4. The minimum Gasteiger partial charge on any atom is -0.479 e. The van der Waals surface area contributed by atoms with Gasteiger partial charge in [0.05, 0.1) is 5.56 Å². The molecule has 1 unspecified atom stereocenters. The van der Waals surface area contributed by atoms with Crippen molar-refractivity contribution in [3.8, 4) is 0 Å². The number of hydrogen-bond donors (Lipinski definition) is 2. The van der Waals surface area contributed by atoms with Gasteiger partial charge in [-0.15, -0.1) is 0 Å². The number of hydrogen-bond acceptors (Lipinski definition) is 2. The number of aliphatic hydroxyl groups excluding tert-OH is 1. The van der Waals surface area contributed by atoms with Gasteiger partial charge < -0.3 is 10.2 Å². The van der Waals surface area contributed by atoms with Crippen molar-refractivity contribution in [2.75, 3.05) is 0 Å². The lowest BCUT2D eigenvalue weighted by molar-refractivity contribution is -0.148. The molecule has 1 aliphatic carbocycles. The van der Waals surface area contributed by atoms with Gasteiger partial charge in [0.15, 0.2) is 6.10 Å². The molecule has 2 N–H and O–H groups in total. The first kappa shape index (κ1) is 13.8. The molecule has 1 saturated carbocycles. The summed E-state index contributed by atoms with van der Waals surface area (Å²) in [6.07, 6.45) is -6.28. The lowest BCUT2D eigenvalue weighted by atomic mass is 9.88. The molecular formula is C12H10F4O3. The molecular weight excluding hydrogens is 268 g/mol. The summed E-state index contributed by atoms with van der Waals surface area (Å²) in [5.74, 6) is -2.51. The lowest BCUT2D eigenvalue weighted by Gasteiger charge is -2.21. The lowest BCUT2D eigenvalue weighted by Crippen LogP contribution is -2.34. The number of carboxylic acid groups (broad SMARTS) is 1. The minimum atomic E-state index is -4.65. The molecule has 104 valence electrons. The molecule has 0 spiro atoms. The summed E-state index contributed by atoms with van der Waals surface area (Å²) < 4.78 is 51.3. The predicted molar refractivity (Wildman–Crippen MR) is 56.0 cm³/mol. The van der Waals surface area contributed by atoms with Gasteiger partial charge in [-0.05, 0) is 36.6 Å². The van der Waals surface area contributed by atoms with Gasteiger partial charge in [0.1, 0.15) is 5.82 Å². The van der Waals surface area contributed by atoms with E-state index >= 15 is 0 Å². The monoisotopic (exact) mass is 278 g/mol. The number of rotatable bonds is 3. The van der Waals surface area contributed by atoms with E-state index in [0.29, 0.717) is 18.2 Å². The maximum absolute atomic E-state index is 13.6. The fourth-order valence-corrected chi connectivity index (χ4v) is 2.14. The fourth-order valence-electron chi connectivity index (χ4n) is 2.14. The SMILES string of the molecule is O=C(O)C(O)C1(c2cc(C(F)(F)F)ccc2F)CC1. The molecule has 1 aromatic rings. The highest BCUT2D eigenvalue weighted by Gasteiger charge is 2.55. The second-order valence-electron chi connectivity index (χ2n) is 4.59. The first-order valence-electron chi connectivity index (χ1n) is 5.46. The van der Waals surface area contributed by atoms with Gasteiger partial charge in [-0.3, -0.25) is 0 Å². The Morgan fingerprint density at radius 2 is 1.89 bits per heavy atom. The Balaban J connectivity index is 2.48. The van der Waals surface area contributed by atoms with E-state index < -0.39 is 40.6 Å². The Kier molecular flexibility index (Phi) is 3.04. The van der Waals surface area contributed by atoms with Crippen molar-refractivity contribution in [3.05, 3.63) is 35.1 Å². The van der Waals surface area contributed by atoms with Crippen LogP contribution >= 0.6 is 0 Å². The van der Waals surface area contributed by atoms with E-state index in [4.69, 9.17) is 5.11 Å². The maximum Gasteiger partial charge on any atom is 0.416 e. The van der Waals surface area contributed by atoms with Gasteiger partial charge in [0.25, 0.3) is 0 Å². The summed E-state index contributed by atoms with van der Waals surface area (Å²) in [5, 5.41) is 18.3. The Morgan fingerprint density at radius 1 is 1.32 bits per heavy atom. The van der Waals surface area contributed by atoms with E-state index in [2.05, 4.69) is 0 Å². The van der Waals surface area contributed by atoms with Gasteiger partial charge in [0, 0.05) is 5.41 Å². The zero-order valence-corrected chi connectivity index (χ0v) is 9.54. The number of carboxylic acids is 1. The van der Waals surface area contributed by atoms with Crippen molar-refractivity contribution in [2.45, 2.75) is 30.5 Å². The number of aliphatic hydroxyl groups is 1. The molecule has 3 nitrogen and oxygen atoms in total. The van der Waals surface area contributed by atoms with Crippen molar-refractivity contribution < 1.29 is 32.6 Å². The van der Waals surface area contributed by atoms with Crippen molar-refractivity contribution in [1.29, 1.82) is 0 Å². The molecule has 7 heteroatoms. The minimum absolute atomic E-state index is 0.138. The molecule has 1 fully saturated rings. The standard InChI is InChI=1S/C12H10F4O3/c13-8-2-1-6(12(14,15)16)5-7(8)11(3-4-11)9(17)10(18)19/h1-2,5,9,17H,3-4H2,(H,18,19). The smallest absolute Gasteiger partial charge is 0.416 e. The summed E-state index contributed by atoms with van der Waals surface area (Å²) in [4.78, 5) is 10.8. The Bertz CT molecular complexity index is 520. The molecule has 0 bridgehead atoms. The van der Waals surface area contributed by atoms with Crippen molar-refractivity contribution in [2.24, 2.45) is 0 Å². The molecule has 0 radical (unpaired) electrons. The first-order valence-corrected chi connectivity index (χ1v) is 5.46. The Hall–Kier alpha value is -1.63. The maximum atomic E-state index is 13.6. The molecule has 19 heavy (non-hydrogen) atoms. The normalized spacial score (nSPS) is 19.0. The molecule has 0 aliphatic heterocycles. The third-order valence-corrected chi connectivity index (χ3v) is 3.38. The summed E-state index contributed by atoms with van der Waals surface area (Å²) in [6, 6.07) is 1.81. The highest BCUT2D eigenvalue weighted by atomic mass is 19.4. The molecule has 0 saturated heterocycles. The fraction of sp³-hybridized carbons (Fsp3) is 0.417. The highest BCUT2D eigenvalue weighted by molar-refractivity contribution is 5.75. The van der Waals surface area contributed by atoms with Crippen LogP contribution in [0.5, 0.6) is 0 Å². The van der Waals surface area contributed by atoms with Crippen LogP contribution in [0.4, 0.5) is 17.6 Å². The predicted octanol–water partition coefficient (Wildman–Crippen LogP) is 2.32. The average Bonchev–Trinajstić information content (AvgIpc) is 3.08. The van der Waals surface area contributed by atoms with Crippen molar-refractivity contribution >= 4 is 5.97 Å². The van der Waals surface area contributed by atoms with Crippen LogP contribution in [0, 0.1) is 5.82 Å². The van der Waals surface area contributed by atoms with E-state index in [1.807, 2.05) is 0 Å². The van der Waals surface area contributed by atoms with Crippen molar-refractivity contribution in [3.63, 3.8) is 0 Å². The number of aliphatic carboxylic acids is 1. The molecule has 1 aliphatic rings. The highest BCUT2D eigenvalue weighted by Crippen LogP contribution is 2.52. The summed E-state index contributed by atoms with van der Waals surface area (Å²) >= 11 is 0. The number of benzene rings is 1. The van der Waals surface area contributed by atoms with Gasteiger partial charge in [-0.2, -0.15) is 13.2 Å². The molecule has 0 heterocycles. The van der Waals surface area contributed by atoms with Gasteiger partial charge in [0.2, 0.25) is 0 Å². The summed E-state index contributed by atoms with van der Waals surface area (Å²) in [7, 11) is 0. The summed E-state index contributed by atoms with van der Waals surface area (Å²) in [5.41, 5.74) is -2.90. The van der Waals surface area contributed by atoms with Crippen LogP contribution in [-0.4, -0.2) is 22.3 Å². The number of alkyl halides is 3. The molecule has 1 atom stereocenters. The molecule has 0 amide bonds. The van der Waals surface area contributed by atoms with Crippen LogP contribution in [-0.2, 0) is 16.4 Å². The van der Waals surface area contributed by atoms with Crippen LogP contribution in [0.15, 0.2) is 18.2 Å². The van der Waals surface area contributed by atoms with Crippen LogP contribution in [0.2, 0.25) is 0 Å². The molecule has 0 aromatic heterocycles. The Labute approximate surface area is 105 Å². The zero-order valence-electron chi connectivity index (χ0n) is 9.54. The Morgan fingerprint density at radius 3 is 2.32 bits per heavy atom. The average molecular weight is 278 g/mol. The van der Waals surface area contributed by atoms with Crippen LogP contribution in [0.3, 0.4) is 0 Å². The van der Waals surface area contributed by atoms with Gasteiger partial charge in [-0.1, -0.05) is 0 Å². The molecule has 1 aromatic carbocycles. The van der Waals surface area contributed by atoms with Gasteiger partial charge in [-0.25, -0.2) is 9.18 Å². The quantitative estimate of drug-likeness (QED) is 0.834. The second kappa shape index (κ2) is 4.19. The first-order chi connectivity index (χ1) is 8.68. The van der Waals surface area contributed by atoms with E-state index in [0.717, 1.165) is 0 Å². The van der Waals surface area contributed by atoms with Gasteiger partial charge >= 0.3 is 12.1 Å². The number of carbonyl (C=O) groups is 1. The molecule has 2 rings (SSSR count). The third-order valence-electron chi connectivity index (χ3n) is 3.38. The van der Waals surface area contributed by atoms with Crippen LogP contribution in [0.1, 0.15) is 24.0 Å². The third kappa shape index (κ3) is 2.30. The van der Waals surface area contributed by atoms with Crippen LogP contribution in [0.25, 0.3) is 0 Å². The van der Waals surface area contributed by atoms with E-state index in [9.17, 15) is 27.5 Å². The van der Waals surface area contributed by atoms with E-state index in [-0.39, 0.29) is 12.8 Å². The van der Waals surface area contributed by atoms with Crippen molar-refractivity contribution in [1.82, 2.24) is 0 Å². The van der Waals surface area contributed by atoms with E-state index in [1.165, 1.54) is 0 Å². The zero-order chi connectivity index (χ0) is 14.4. The van der Waals surface area contributed by atoms with E-state index in [1.54, 1.807) is 0 Å². The second-order valence-corrected chi connectivity index (χ2v) is 4.59.